The topological polar surface area (TPSA) is 99.8 Å². The molecule has 9 heteroatoms. The van der Waals surface area contributed by atoms with Gasteiger partial charge in [-0.15, -0.1) is 0 Å². The Morgan fingerprint density at radius 2 is 1.41 bits per heavy atom. The van der Waals surface area contributed by atoms with Gasteiger partial charge in [0.25, 0.3) is 11.8 Å². The molecule has 0 radical (unpaired) electrons. The Bertz CT molecular complexity index is 941. The van der Waals surface area contributed by atoms with Crippen molar-refractivity contribution < 1.29 is 19.1 Å². The summed E-state index contributed by atoms with van der Waals surface area (Å²) < 4.78 is 4.63. The van der Waals surface area contributed by atoms with Crippen LogP contribution in [0.1, 0.15) is 44.9 Å². The molecule has 2 amide bonds. The number of likely N-dealkylation sites (N-methyl/N-ethyl adjacent to an activating group) is 1. The van der Waals surface area contributed by atoms with Crippen molar-refractivity contribution in [1.82, 2.24) is 15.5 Å². The van der Waals surface area contributed by atoms with Crippen LogP contribution in [0.4, 0.5) is 5.69 Å². The largest absolute Gasteiger partial charge is 0.465 e. The number of nitrogens with one attached hydrogen (secondary N) is 3. The molecule has 0 atom stereocenters. The Morgan fingerprint density at radius 1 is 0.875 bits per heavy atom. The van der Waals surface area contributed by atoms with Crippen LogP contribution in [-0.4, -0.2) is 61.1 Å². The molecule has 0 bridgehead atoms. The van der Waals surface area contributed by atoms with E-state index in [1.807, 2.05) is 0 Å². The lowest BCUT2D eigenvalue weighted by molar-refractivity contribution is 0.0600. The molecule has 0 saturated heterocycles. The first-order chi connectivity index (χ1) is 15.4. The van der Waals surface area contributed by atoms with Gasteiger partial charge in [0.2, 0.25) is 0 Å². The Hall–Kier alpha value is -3.30. The Balaban J connectivity index is 1.85. The summed E-state index contributed by atoms with van der Waals surface area (Å²) in [5.74, 6) is -1.03. The number of anilines is 1. The van der Waals surface area contributed by atoms with Gasteiger partial charge in [-0.3, -0.25) is 14.9 Å². The summed E-state index contributed by atoms with van der Waals surface area (Å²) in [5.41, 5.74) is 1.87. The standard InChI is InChI=1S/C23H28N4O4S/c1-4-27(5-2)15-14-24-20(28)16-10-12-19(13-11-16)25-23(32)26-21(29)17-6-8-18(9-7-17)22(30)31-3/h6-13H,4-5,14-15H2,1-3H3,(H,24,28)(H2,25,26,29,32). The fraction of sp³-hybridized carbons (Fsp3) is 0.304. The van der Waals surface area contributed by atoms with Gasteiger partial charge in [0.15, 0.2) is 5.11 Å². The van der Waals surface area contributed by atoms with Gasteiger partial charge >= 0.3 is 5.97 Å². The van der Waals surface area contributed by atoms with Crippen molar-refractivity contribution in [2.75, 3.05) is 38.6 Å². The number of carbonyl (C=O) groups excluding carboxylic acids is 3. The highest BCUT2D eigenvalue weighted by atomic mass is 32.1. The zero-order valence-electron chi connectivity index (χ0n) is 18.4. The lowest BCUT2D eigenvalue weighted by atomic mass is 10.1. The molecule has 2 aromatic rings. The number of nitrogens with zero attached hydrogens (tertiary/aromatic N) is 1. The minimum atomic E-state index is -0.477. The van der Waals surface area contributed by atoms with E-state index in [2.05, 4.69) is 39.4 Å². The van der Waals surface area contributed by atoms with Gasteiger partial charge in [-0.05, 0) is 73.8 Å². The van der Waals surface area contributed by atoms with E-state index in [1.165, 1.54) is 31.4 Å². The summed E-state index contributed by atoms with van der Waals surface area (Å²) in [6.45, 7) is 7.45. The molecule has 0 aliphatic carbocycles. The summed E-state index contributed by atoms with van der Waals surface area (Å²) in [5, 5.41) is 8.50. The average molecular weight is 457 g/mol. The van der Waals surface area contributed by atoms with Gasteiger partial charge in [-0.25, -0.2) is 4.79 Å². The molecule has 0 aliphatic rings. The monoisotopic (exact) mass is 456 g/mol. The summed E-state index contributed by atoms with van der Waals surface area (Å²) in [6.07, 6.45) is 0. The molecule has 8 nitrogen and oxygen atoms in total. The van der Waals surface area contributed by atoms with Gasteiger partial charge < -0.3 is 20.3 Å². The lowest BCUT2D eigenvalue weighted by Gasteiger charge is -2.18. The average Bonchev–Trinajstić information content (AvgIpc) is 2.81. The number of esters is 1. The van der Waals surface area contributed by atoms with Crippen molar-refractivity contribution in [2.45, 2.75) is 13.8 Å². The molecule has 3 N–H and O–H groups in total. The minimum absolute atomic E-state index is 0.114. The first-order valence-corrected chi connectivity index (χ1v) is 10.7. The smallest absolute Gasteiger partial charge is 0.337 e. The van der Waals surface area contributed by atoms with Gasteiger partial charge in [0.05, 0.1) is 12.7 Å². The number of amides is 2. The SMILES string of the molecule is CCN(CC)CCNC(=O)c1ccc(NC(=S)NC(=O)c2ccc(C(=O)OC)cc2)cc1. The number of methoxy groups -OCH3 is 1. The molecule has 0 unspecified atom stereocenters. The Morgan fingerprint density at radius 3 is 1.97 bits per heavy atom. The molecule has 2 rings (SSSR count). The highest BCUT2D eigenvalue weighted by Crippen LogP contribution is 2.10. The van der Waals surface area contributed by atoms with Crippen LogP contribution in [-0.2, 0) is 4.74 Å². The van der Waals surface area contributed by atoms with Crippen LogP contribution < -0.4 is 16.0 Å². The maximum atomic E-state index is 12.3. The zero-order chi connectivity index (χ0) is 23.5. The maximum absolute atomic E-state index is 12.3. The van der Waals surface area contributed by atoms with Crippen LogP contribution in [0.25, 0.3) is 0 Å². The molecule has 0 aliphatic heterocycles. The number of rotatable bonds is 9. The molecular weight excluding hydrogens is 428 g/mol. The quantitative estimate of drug-likeness (QED) is 0.394. The summed E-state index contributed by atoms with van der Waals surface area (Å²) in [6, 6.07) is 12.8. The highest BCUT2D eigenvalue weighted by Gasteiger charge is 2.11. The summed E-state index contributed by atoms with van der Waals surface area (Å²) in [4.78, 5) is 38.3. The first kappa shape index (κ1) is 25.0. The zero-order valence-corrected chi connectivity index (χ0v) is 19.3. The summed E-state index contributed by atoms with van der Waals surface area (Å²) in [7, 11) is 1.29. The van der Waals surface area contributed by atoms with Crippen LogP contribution in [0.3, 0.4) is 0 Å². The predicted octanol–water partition coefficient (Wildman–Crippen LogP) is 2.67. The fourth-order valence-electron chi connectivity index (χ4n) is 2.89. The highest BCUT2D eigenvalue weighted by molar-refractivity contribution is 7.80. The van der Waals surface area contributed by atoms with Crippen molar-refractivity contribution in [1.29, 1.82) is 0 Å². The van der Waals surface area contributed by atoms with Crippen LogP contribution in [0.2, 0.25) is 0 Å². The minimum Gasteiger partial charge on any atom is -0.465 e. The second kappa shape index (κ2) is 12.5. The van der Waals surface area contributed by atoms with Gasteiger partial charge in [0, 0.05) is 29.9 Å². The Labute approximate surface area is 193 Å². The molecule has 170 valence electrons. The van der Waals surface area contributed by atoms with Crippen LogP contribution in [0, 0.1) is 0 Å². The number of carbonyl (C=O) groups is 3. The molecule has 0 aromatic heterocycles. The molecule has 0 heterocycles. The fourth-order valence-corrected chi connectivity index (χ4v) is 3.10. The van der Waals surface area contributed by atoms with E-state index in [-0.39, 0.29) is 11.0 Å². The van der Waals surface area contributed by atoms with E-state index in [0.29, 0.717) is 28.9 Å². The van der Waals surface area contributed by atoms with Crippen molar-refractivity contribution in [2.24, 2.45) is 0 Å². The van der Waals surface area contributed by atoms with E-state index in [9.17, 15) is 14.4 Å². The second-order valence-corrected chi connectivity index (χ2v) is 7.25. The molecular formula is C23H28N4O4S. The van der Waals surface area contributed by atoms with Gasteiger partial charge in [0.1, 0.15) is 0 Å². The number of hydrogen-bond donors (Lipinski definition) is 3. The Kier molecular flexibility index (Phi) is 9.77. The summed E-state index contributed by atoms with van der Waals surface area (Å²) >= 11 is 5.19. The van der Waals surface area contributed by atoms with Gasteiger partial charge in [-0.1, -0.05) is 13.8 Å². The van der Waals surface area contributed by atoms with Crippen LogP contribution >= 0.6 is 12.2 Å². The van der Waals surface area contributed by atoms with Gasteiger partial charge in [-0.2, -0.15) is 0 Å². The van der Waals surface area contributed by atoms with Crippen molar-refractivity contribution >= 4 is 40.8 Å². The molecule has 0 spiro atoms. The van der Waals surface area contributed by atoms with Crippen molar-refractivity contribution in [3.8, 4) is 0 Å². The third-order valence-corrected chi connectivity index (χ3v) is 5.01. The molecule has 32 heavy (non-hydrogen) atoms. The van der Waals surface area contributed by atoms with E-state index in [4.69, 9.17) is 12.2 Å². The van der Waals surface area contributed by atoms with Crippen LogP contribution in [0.15, 0.2) is 48.5 Å². The number of ether oxygens (including phenoxy) is 1. The molecule has 0 fully saturated rings. The van der Waals surface area contributed by atoms with Crippen molar-refractivity contribution in [3.63, 3.8) is 0 Å². The lowest BCUT2D eigenvalue weighted by Crippen LogP contribution is -2.35. The van der Waals surface area contributed by atoms with Crippen LogP contribution in [0.5, 0.6) is 0 Å². The van der Waals surface area contributed by atoms with E-state index in [1.54, 1.807) is 24.3 Å². The second-order valence-electron chi connectivity index (χ2n) is 6.84. The normalized spacial score (nSPS) is 10.4. The third-order valence-electron chi connectivity index (χ3n) is 4.81. The van der Waals surface area contributed by atoms with E-state index in [0.717, 1.165) is 19.6 Å². The number of thiocarbonyl (C=S) groups is 1. The molecule has 0 saturated carbocycles. The maximum Gasteiger partial charge on any atom is 0.337 e. The predicted molar refractivity (Wildman–Crippen MR) is 128 cm³/mol. The first-order valence-electron chi connectivity index (χ1n) is 10.3. The molecule has 2 aromatic carbocycles. The van der Waals surface area contributed by atoms with Crippen molar-refractivity contribution in [3.05, 3.63) is 65.2 Å². The number of hydrogen-bond acceptors (Lipinski definition) is 6. The third kappa shape index (κ3) is 7.44. The van der Waals surface area contributed by atoms with E-state index < -0.39 is 11.9 Å². The van der Waals surface area contributed by atoms with E-state index >= 15 is 0 Å². The number of benzene rings is 2.